The van der Waals surface area contributed by atoms with Crippen LogP contribution in [0.4, 0.5) is 0 Å². The molecular formula is C19H16N2O5S2. The van der Waals surface area contributed by atoms with Crippen LogP contribution in [0.1, 0.15) is 11.1 Å². The summed E-state index contributed by atoms with van der Waals surface area (Å²) in [6.07, 6.45) is 3.11. The van der Waals surface area contributed by atoms with Crippen LogP contribution in [0, 0.1) is 0 Å². The van der Waals surface area contributed by atoms with Gasteiger partial charge in [0.25, 0.3) is 5.91 Å². The summed E-state index contributed by atoms with van der Waals surface area (Å²) in [6.45, 7) is 0. The highest BCUT2D eigenvalue weighted by atomic mass is 32.2. The number of aromatic hydroxyl groups is 2. The van der Waals surface area contributed by atoms with Gasteiger partial charge in [-0.05, 0) is 59.8 Å². The van der Waals surface area contributed by atoms with Gasteiger partial charge < -0.3 is 19.7 Å². The van der Waals surface area contributed by atoms with Gasteiger partial charge in [0.2, 0.25) is 0 Å². The fourth-order valence-corrected chi connectivity index (χ4v) is 3.57. The van der Waals surface area contributed by atoms with Crippen molar-refractivity contribution >= 4 is 46.5 Å². The Morgan fingerprint density at radius 3 is 2.21 bits per heavy atom. The van der Waals surface area contributed by atoms with Gasteiger partial charge in [-0.15, -0.1) is 0 Å². The number of rotatable bonds is 5. The van der Waals surface area contributed by atoms with Gasteiger partial charge in [0.1, 0.15) is 0 Å². The first kappa shape index (κ1) is 19.7. The Labute approximate surface area is 170 Å². The molecule has 1 saturated heterocycles. The molecule has 1 heterocycles. The van der Waals surface area contributed by atoms with Crippen molar-refractivity contribution in [1.82, 2.24) is 5.01 Å². The lowest BCUT2D eigenvalue weighted by molar-refractivity contribution is -0.122. The van der Waals surface area contributed by atoms with E-state index in [1.165, 1.54) is 32.6 Å². The summed E-state index contributed by atoms with van der Waals surface area (Å²) >= 11 is 6.38. The largest absolute Gasteiger partial charge is 0.504 e. The highest BCUT2D eigenvalue weighted by Gasteiger charge is 2.32. The van der Waals surface area contributed by atoms with Crippen LogP contribution in [-0.2, 0) is 4.79 Å². The zero-order chi connectivity index (χ0) is 20.3. The molecule has 1 amide bonds. The number of carbonyl (C=O) groups is 1. The third-order valence-corrected chi connectivity index (χ3v) is 5.08. The number of hydrogen-bond acceptors (Lipinski definition) is 8. The summed E-state index contributed by atoms with van der Waals surface area (Å²) in [4.78, 5) is 13.0. The molecule has 1 aliphatic rings. The van der Waals surface area contributed by atoms with E-state index in [1.807, 2.05) is 0 Å². The number of amides is 1. The Bertz CT molecular complexity index is 1000. The Hall–Kier alpha value is -3.04. The average molecular weight is 416 g/mol. The van der Waals surface area contributed by atoms with Crippen molar-refractivity contribution < 1.29 is 24.5 Å². The molecule has 9 heteroatoms. The quantitative estimate of drug-likeness (QED) is 0.439. The van der Waals surface area contributed by atoms with Gasteiger partial charge in [-0.25, -0.2) is 0 Å². The summed E-state index contributed by atoms with van der Waals surface area (Å²) < 4.78 is 10.4. The van der Waals surface area contributed by atoms with E-state index in [9.17, 15) is 15.0 Å². The van der Waals surface area contributed by atoms with Crippen LogP contribution in [0.3, 0.4) is 0 Å². The molecule has 0 unspecified atom stereocenters. The fourth-order valence-electron chi connectivity index (χ4n) is 2.39. The molecule has 0 saturated carbocycles. The summed E-state index contributed by atoms with van der Waals surface area (Å²) in [5, 5.41) is 24.6. The van der Waals surface area contributed by atoms with E-state index < -0.39 is 0 Å². The van der Waals surface area contributed by atoms with Gasteiger partial charge in [0.15, 0.2) is 27.3 Å². The van der Waals surface area contributed by atoms with Crippen LogP contribution in [-0.4, -0.2) is 45.9 Å². The molecule has 0 bridgehead atoms. The van der Waals surface area contributed by atoms with E-state index in [0.717, 1.165) is 16.8 Å². The van der Waals surface area contributed by atoms with Crippen molar-refractivity contribution in [3.05, 3.63) is 52.4 Å². The highest BCUT2D eigenvalue weighted by molar-refractivity contribution is 8.26. The number of carbonyl (C=O) groups excluding carboxylic acids is 1. The lowest BCUT2D eigenvalue weighted by Gasteiger charge is -2.07. The topological polar surface area (TPSA) is 91.6 Å². The van der Waals surface area contributed by atoms with Crippen LogP contribution >= 0.6 is 24.0 Å². The molecule has 3 rings (SSSR count). The lowest BCUT2D eigenvalue weighted by Crippen LogP contribution is -2.22. The highest BCUT2D eigenvalue weighted by Crippen LogP contribution is 2.34. The van der Waals surface area contributed by atoms with E-state index >= 15 is 0 Å². The van der Waals surface area contributed by atoms with Crippen LogP contribution in [0.2, 0.25) is 0 Å². The second-order valence-corrected chi connectivity index (χ2v) is 7.28. The molecule has 0 spiro atoms. The molecule has 1 fully saturated rings. The van der Waals surface area contributed by atoms with Crippen molar-refractivity contribution in [2.24, 2.45) is 5.10 Å². The molecule has 0 atom stereocenters. The summed E-state index contributed by atoms with van der Waals surface area (Å²) in [5.41, 5.74) is 1.32. The monoisotopic (exact) mass is 416 g/mol. The number of phenolic OH excluding ortho intramolecular Hbond substituents is 2. The van der Waals surface area contributed by atoms with Crippen molar-refractivity contribution in [3.63, 3.8) is 0 Å². The Morgan fingerprint density at radius 1 is 1.04 bits per heavy atom. The first-order chi connectivity index (χ1) is 13.4. The molecule has 144 valence electrons. The van der Waals surface area contributed by atoms with Crippen LogP contribution < -0.4 is 9.47 Å². The smallest absolute Gasteiger partial charge is 0.286 e. The minimum absolute atomic E-state index is 0.0116. The Morgan fingerprint density at radius 2 is 1.61 bits per heavy atom. The molecule has 0 radical (unpaired) electrons. The zero-order valence-electron chi connectivity index (χ0n) is 14.9. The average Bonchev–Trinajstić information content (AvgIpc) is 2.95. The van der Waals surface area contributed by atoms with Crippen LogP contribution in [0.25, 0.3) is 6.08 Å². The molecule has 1 aliphatic heterocycles. The predicted molar refractivity (Wildman–Crippen MR) is 112 cm³/mol. The first-order valence-corrected chi connectivity index (χ1v) is 9.21. The van der Waals surface area contributed by atoms with Gasteiger partial charge in [0.05, 0.1) is 25.3 Å². The maximum atomic E-state index is 12.6. The third-order valence-electron chi connectivity index (χ3n) is 3.80. The van der Waals surface area contributed by atoms with Crippen molar-refractivity contribution in [2.75, 3.05) is 14.2 Å². The summed E-state index contributed by atoms with van der Waals surface area (Å²) in [7, 11) is 2.90. The maximum absolute atomic E-state index is 12.6. The van der Waals surface area contributed by atoms with Gasteiger partial charge >= 0.3 is 0 Å². The Balaban J connectivity index is 1.82. The summed E-state index contributed by atoms with van der Waals surface area (Å²) in [5.74, 6) is 0.279. The fraction of sp³-hybridized carbons (Fsp3) is 0.105. The van der Waals surface area contributed by atoms with E-state index in [2.05, 4.69) is 5.10 Å². The van der Waals surface area contributed by atoms with Crippen LogP contribution in [0.15, 0.2) is 46.4 Å². The number of hydrogen-bond donors (Lipinski definition) is 2. The van der Waals surface area contributed by atoms with Crippen molar-refractivity contribution in [3.8, 4) is 23.0 Å². The molecule has 0 aliphatic carbocycles. The molecule has 7 nitrogen and oxygen atoms in total. The second-order valence-electron chi connectivity index (χ2n) is 5.60. The minimum Gasteiger partial charge on any atom is -0.504 e. The Kier molecular flexibility index (Phi) is 5.86. The molecule has 2 aromatic rings. The van der Waals surface area contributed by atoms with Crippen molar-refractivity contribution in [1.29, 1.82) is 0 Å². The summed E-state index contributed by atoms with van der Waals surface area (Å²) in [6, 6.07) is 9.47. The first-order valence-electron chi connectivity index (χ1n) is 7.99. The van der Waals surface area contributed by atoms with Gasteiger partial charge in [-0.2, -0.15) is 10.1 Å². The van der Waals surface area contributed by atoms with Gasteiger partial charge in [-0.1, -0.05) is 17.8 Å². The number of methoxy groups -OCH3 is 2. The number of nitrogens with zero attached hydrogens (tertiary/aromatic N) is 2. The maximum Gasteiger partial charge on any atom is 0.286 e. The van der Waals surface area contributed by atoms with Crippen LogP contribution in [0.5, 0.6) is 23.0 Å². The van der Waals surface area contributed by atoms with E-state index in [-0.39, 0.29) is 17.4 Å². The molecule has 2 aromatic carbocycles. The molecule has 2 N–H and O–H groups in total. The number of benzene rings is 2. The number of thioether (sulfide) groups is 1. The van der Waals surface area contributed by atoms with Crippen molar-refractivity contribution in [2.45, 2.75) is 0 Å². The number of ether oxygens (including phenoxy) is 2. The predicted octanol–water partition coefficient (Wildman–Crippen LogP) is 3.35. The van der Waals surface area contributed by atoms with E-state index in [1.54, 1.807) is 30.3 Å². The normalized spacial score (nSPS) is 15.6. The second kappa shape index (κ2) is 8.32. The molecular weight excluding hydrogens is 400 g/mol. The standard InChI is InChI=1S/C19H16N2O5S2/c1-25-15-7-11(3-5-13(15)22)9-17-18(24)21(19(27)28-17)20-10-12-4-6-14(23)16(8-12)26-2/h3-10,22-23H,1-2H3/b17-9+,20-10+. The molecule has 28 heavy (non-hydrogen) atoms. The SMILES string of the molecule is COc1cc(/C=N/N2C(=O)/C(=C\c3ccc(O)c(OC)c3)SC2=S)ccc1O. The minimum atomic E-state index is -0.357. The molecule has 0 aromatic heterocycles. The number of thiocarbonyl (C=S) groups is 1. The third kappa shape index (κ3) is 4.10. The number of hydrazone groups is 1. The van der Waals surface area contributed by atoms with E-state index in [0.29, 0.717) is 31.9 Å². The lowest BCUT2D eigenvalue weighted by atomic mass is 10.2. The van der Waals surface area contributed by atoms with Gasteiger partial charge in [-0.3, -0.25) is 4.79 Å². The van der Waals surface area contributed by atoms with Gasteiger partial charge in [0, 0.05) is 0 Å². The zero-order valence-corrected chi connectivity index (χ0v) is 16.6. The number of phenols is 2. The van der Waals surface area contributed by atoms with E-state index in [4.69, 9.17) is 21.7 Å².